The number of carboxylic acids is 1. The average Bonchev–Trinajstić information content (AvgIpc) is 2.44. The molecule has 0 fully saturated rings. The Balaban J connectivity index is 2.87. The van der Waals surface area contributed by atoms with Gasteiger partial charge in [-0.3, -0.25) is 9.59 Å². The maximum atomic E-state index is 13.6. The second-order valence-corrected chi connectivity index (χ2v) is 4.94. The average molecular weight is 296 g/mol. The van der Waals surface area contributed by atoms with Crippen LogP contribution in [0.1, 0.15) is 48.5 Å². The summed E-state index contributed by atoms with van der Waals surface area (Å²) >= 11 is 0. The van der Waals surface area contributed by atoms with E-state index in [2.05, 4.69) is 5.32 Å². The van der Waals surface area contributed by atoms with Crippen LogP contribution in [0.4, 0.5) is 4.39 Å². The molecule has 0 radical (unpaired) electrons. The number of rotatable bonds is 7. The van der Waals surface area contributed by atoms with Crippen molar-refractivity contribution in [3.05, 3.63) is 35.1 Å². The molecule has 1 amide bonds. The molecule has 1 aromatic rings. The lowest BCUT2D eigenvalue weighted by Gasteiger charge is -2.15. The number of nitrogens with two attached hydrogens (primary N) is 1. The van der Waals surface area contributed by atoms with Crippen molar-refractivity contribution in [1.82, 2.24) is 5.32 Å². The van der Waals surface area contributed by atoms with Gasteiger partial charge in [0.2, 0.25) is 0 Å². The lowest BCUT2D eigenvalue weighted by Crippen LogP contribution is -2.42. The van der Waals surface area contributed by atoms with Crippen LogP contribution in [0.15, 0.2) is 18.2 Å². The SMILES string of the molecule is CCC(CC)c1cc(F)cc(C(=O)NC[C@@H](N)C(=O)O)c1. The number of carbonyl (C=O) groups is 2. The molecular weight excluding hydrogens is 275 g/mol. The van der Waals surface area contributed by atoms with Crippen LogP contribution in [0.5, 0.6) is 0 Å². The summed E-state index contributed by atoms with van der Waals surface area (Å²) in [5.41, 5.74) is 6.25. The Kier molecular flexibility index (Phi) is 6.30. The number of amides is 1. The van der Waals surface area contributed by atoms with Gasteiger partial charge < -0.3 is 16.2 Å². The van der Waals surface area contributed by atoms with E-state index in [-0.39, 0.29) is 18.0 Å². The van der Waals surface area contributed by atoms with E-state index in [1.54, 1.807) is 6.07 Å². The van der Waals surface area contributed by atoms with E-state index in [0.717, 1.165) is 24.5 Å². The second-order valence-electron chi connectivity index (χ2n) is 4.94. The van der Waals surface area contributed by atoms with E-state index in [0.29, 0.717) is 0 Å². The van der Waals surface area contributed by atoms with Crippen molar-refractivity contribution in [1.29, 1.82) is 0 Å². The van der Waals surface area contributed by atoms with Gasteiger partial charge in [0.05, 0.1) is 0 Å². The van der Waals surface area contributed by atoms with Gasteiger partial charge in [-0.05, 0) is 42.5 Å². The van der Waals surface area contributed by atoms with Gasteiger partial charge in [-0.25, -0.2) is 4.39 Å². The Morgan fingerprint density at radius 3 is 2.43 bits per heavy atom. The molecule has 0 heterocycles. The third kappa shape index (κ3) is 4.82. The molecular formula is C15H21FN2O3. The highest BCUT2D eigenvalue weighted by molar-refractivity contribution is 5.94. The summed E-state index contributed by atoms with van der Waals surface area (Å²) in [7, 11) is 0. The van der Waals surface area contributed by atoms with Gasteiger partial charge in [-0.1, -0.05) is 13.8 Å². The fourth-order valence-corrected chi connectivity index (χ4v) is 2.13. The zero-order valence-electron chi connectivity index (χ0n) is 12.2. The van der Waals surface area contributed by atoms with Gasteiger partial charge in [0.1, 0.15) is 11.9 Å². The van der Waals surface area contributed by atoms with Crippen LogP contribution in [-0.2, 0) is 4.79 Å². The molecule has 0 unspecified atom stereocenters. The first-order valence-electron chi connectivity index (χ1n) is 6.96. The van der Waals surface area contributed by atoms with E-state index in [9.17, 15) is 14.0 Å². The smallest absolute Gasteiger partial charge is 0.322 e. The third-order valence-corrected chi connectivity index (χ3v) is 3.44. The largest absolute Gasteiger partial charge is 0.480 e. The van der Waals surface area contributed by atoms with E-state index >= 15 is 0 Å². The number of hydrogen-bond acceptors (Lipinski definition) is 3. The lowest BCUT2D eigenvalue weighted by molar-refractivity contribution is -0.138. The number of hydrogen-bond donors (Lipinski definition) is 3. The molecule has 0 aliphatic carbocycles. The van der Waals surface area contributed by atoms with Gasteiger partial charge in [-0.2, -0.15) is 0 Å². The quantitative estimate of drug-likeness (QED) is 0.716. The fraction of sp³-hybridized carbons (Fsp3) is 0.467. The van der Waals surface area contributed by atoms with Crippen molar-refractivity contribution >= 4 is 11.9 Å². The maximum Gasteiger partial charge on any atom is 0.322 e. The number of halogens is 1. The van der Waals surface area contributed by atoms with Crippen molar-refractivity contribution in [2.45, 2.75) is 38.6 Å². The van der Waals surface area contributed by atoms with E-state index < -0.39 is 23.7 Å². The summed E-state index contributed by atoms with van der Waals surface area (Å²) < 4.78 is 13.6. The zero-order valence-corrected chi connectivity index (χ0v) is 12.2. The molecule has 21 heavy (non-hydrogen) atoms. The van der Waals surface area contributed by atoms with Crippen LogP contribution in [0.25, 0.3) is 0 Å². The Morgan fingerprint density at radius 2 is 1.90 bits per heavy atom. The molecule has 4 N–H and O–H groups in total. The Bertz CT molecular complexity index is 516. The minimum atomic E-state index is -1.20. The van der Waals surface area contributed by atoms with Gasteiger partial charge >= 0.3 is 5.97 Å². The van der Waals surface area contributed by atoms with Gasteiger partial charge in [0.15, 0.2) is 0 Å². The number of carboxylic acid groups (broad SMARTS) is 1. The normalized spacial score (nSPS) is 12.2. The molecule has 0 aromatic heterocycles. The van der Waals surface area contributed by atoms with Gasteiger partial charge in [0.25, 0.3) is 5.91 Å². The van der Waals surface area contributed by atoms with E-state index in [1.807, 2.05) is 13.8 Å². The van der Waals surface area contributed by atoms with Crippen LogP contribution in [0.2, 0.25) is 0 Å². The van der Waals surface area contributed by atoms with Crippen molar-refractivity contribution in [2.24, 2.45) is 5.73 Å². The first kappa shape index (κ1) is 17.1. The summed E-state index contributed by atoms with van der Waals surface area (Å²) in [6, 6.07) is 3.02. The summed E-state index contributed by atoms with van der Waals surface area (Å²) in [6.07, 6.45) is 1.70. The molecule has 6 heteroatoms. The molecule has 116 valence electrons. The van der Waals surface area contributed by atoms with Crippen molar-refractivity contribution in [2.75, 3.05) is 6.54 Å². The molecule has 0 saturated carbocycles. The van der Waals surface area contributed by atoms with Crippen LogP contribution >= 0.6 is 0 Å². The van der Waals surface area contributed by atoms with Crippen molar-refractivity contribution in [3.8, 4) is 0 Å². The molecule has 0 aliphatic heterocycles. The fourth-order valence-electron chi connectivity index (χ4n) is 2.13. The number of aliphatic carboxylic acids is 1. The van der Waals surface area contributed by atoms with Crippen molar-refractivity contribution < 1.29 is 19.1 Å². The summed E-state index contributed by atoms with van der Waals surface area (Å²) in [6.45, 7) is 3.81. The van der Waals surface area contributed by atoms with Crippen molar-refractivity contribution in [3.63, 3.8) is 0 Å². The molecule has 0 bridgehead atoms. The predicted octanol–water partition coefficient (Wildman–Crippen LogP) is 1.87. The minimum absolute atomic E-state index is 0.175. The standard InChI is InChI=1S/C15H21FN2O3/c1-3-9(4-2)10-5-11(7-12(16)6-10)14(19)18-8-13(17)15(20)21/h5-7,9,13H,3-4,8,17H2,1-2H3,(H,18,19)(H,20,21)/t13-/m1/s1. The highest BCUT2D eigenvalue weighted by Gasteiger charge is 2.16. The minimum Gasteiger partial charge on any atom is -0.480 e. The van der Waals surface area contributed by atoms with E-state index in [4.69, 9.17) is 10.8 Å². The summed E-state index contributed by atoms with van der Waals surface area (Å²) in [4.78, 5) is 22.5. The monoisotopic (exact) mass is 296 g/mol. The lowest BCUT2D eigenvalue weighted by atomic mass is 9.92. The highest BCUT2D eigenvalue weighted by Crippen LogP contribution is 2.24. The Labute approximate surface area is 123 Å². The number of benzene rings is 1. The number of nitrogens with one attached hydrogen (secondary N) is 1. The molecule has 1 aromatic carbocycles. The molecule has 0 aliphatic rings. The van der Waals surface area contributed by atoms with Gasteiger partial charge in [-0.15, -0.1) is 0 Å². The molecule has 1 rings (SSSR count). The first-order valence-corrected chi connectivity index (χ1v) is 6.96. The highest BCUT2D eigenvalue weighted by atomic mass is 19.1. The van der Waals surface area contributed by atoms with Crippen LogP contribution in [0.3, 0.4) is 0 Å². The Morgan fingerprint density at radius 1 is 1.29 bits per heavy atom. The van der Waals surface area contributed by atoms with E-state index in [1.165, 1.54) is 6.07 Å². The first-order chi connectivity index (χ1) is 9.88. The zero-order chi connectivity index (χ0) is 16.0. The van der Waals surface area contributed by atoms with Crippen LogP contribution in [0, 0.1) is 5.82 Å². The number of carbonyl (C=O) groups excluding carboxylic acids is 1. The molecule has 1 atom stereocenters. The topological polar surface area (TPSA) is 92.4 Å². The predicted molar refractivity (Wildman–Crippen MR) is 77.7 cm³/mol. The summed E-state index contributed by atoms with van der Waals surface area (Å²) in [5.74, 6) is -2.02. The van der Waals surface area contributed by atoms with Gasteiger partial charge in [0, 0.05) is 12.1 Å². The van der Waals surface area contributed by atoms with Crippen LogP contribution in [-0.4, -0.2) is 29.6 Å². The summed E-state index contributed by atoms with van der Waals surface area (Å²) in [5, 5.41) is 11.1. The third-order valence-electron chi connectivity index (χ3n) is 3.44. The second kappa shape index (κ2) is 7.73. The molecule has 0 saturated heterocycles. The maximum absolute atomic E-state index is 13.6. The Hall–Kier alpha value is -1.95. The molecule has 5 nitrogen and oxygen atoms in total. The molecule has 0 spiro atoms. The van der Waals surface area contributed by atoms with Crippen LogP contribution < -0.4 is 11.1 Å².